The molecule has 0 radical (unpaired) electrons. The molecule has 0 spiro atoms. The monoisotopic (exact) mass is 465 g/mol. The largest absolute Gasteiger partial charge is 0.504 e. The van der Waals surface area contributed by atoms with Crippen LogP contribution in [0.4, 0.5) is 14.5 Å². The van der Waals surface area contributed by atoms with E-state index >= 15 is 0 Å². The average Bonchev–Trinajstić information content (AvgIpc) is 3.16. The normalized spacial score (nSPS) is 16.6. The second-order valence-corrected chi connectivity index (χ2v) is 7.96. The van der Waals surface area contributed by atoms with Crippen LogP contribution in [0.1, 0.15) is 37.8 Å². The van der Waals surface area contributed by atoms with E-state index < -0.39 is 6.61 Å². The number of thiazole rings is 1. The number of nitrogens with one attached hydrogen (secondary N) is 1. The van der Waals surface area contributed by atoms with Crippen molar-refractivity contribution in [3.8, 4) is 5.75 Å². The molecule has 7 nitrogen and oxygen atoms in total. The van der Waals surface area contributed by atoms with Gasteiger partial charge in [-0.2, -0.15) is 8.78 Å². The van der Waals surface area contributed by atoms with Crippen molar-refractivity contribution in [2.24, 2.45) is 4.99 Å². The molecule has 0 saturated carbocycles. The first-order valence-electron chi connectivity index (χ1n) is 10.2. The maximum Gasteiger partial charge on any atom is 0.387 e. The Labute approximate surface area is 188 Å². The van der Waals surface area contributed by atoms with E-state index in [-0.39, 0.29) is 29.1 Å². The van der Waals surface area contributed by atoms with Crippen LogP contribution in [0.25, 0.3) is 0 Å². The number of nitrogens with zero attached hydrogens (tertiary/aromatic N) is 2. The Bertz CT molecular complexity index is 1060. The number of aliphatic hydroxyl groups excluding tert-OH is 2. The van der Waals surface area contributed by atoms with E-state index in [0.29, 0.717) is 42.8 Å². The van der Waals surface area contributed by atoms with Gasteiger partial charge in [-0.25, -0.2) is 4.99 Å². The Balaban J connectivity index is 1.87. The van der Waals surface area contributed by atoms with E-state index in [0.717, 1.165) is 5.69 Å². The number of hydrogen-bond donors (Lipinski definition) is 3. The van der Waals surface area contributed by atoms with Crippen molar-refractivity contribution in [3.63, 3.8) is 0 Å². The first-order chi connectivity index (χ1) is 15.4. The molecule has 32 heavy (non-hydrogen) atoms. The molecule has 172 valence electrons. The van der Waals surface area contributed by atoms with E-state index in [4.69, 9.17) is 0 Å². The zero-order valence-corrected chi connectivity index (χ0v) is 18.3. The van der Waals surface area contributed by atoms with Crippen LogP contribution < -0.4 is 14.9 Å². The van der Waals surface area contributed by atoms with Crippen LogP contribution in [0.15, 0.2) is 58.3 Å². The average molecular weight is 466 g/mol. The molecule has 1 unspecified atom stereocenters. The number of rotatable bonds is 9. The molecule has 0 fully saturated rings. The van der Waals surface area contributed by atoms with Gasteiger partial charge in [-0.3, -0.25) is 4.79 Å². The summed E-state index contributed by atoms with van der Waals surface area (Å²) in [5.41, 5.74) is 1.50. The zero-order valence-electron chi connectivity index (χ0n) is 17.5. The van der Waals surface area contributed by atoms with E-state index in [1.807, 2.05) is 9.95 Å². The predicted molar refractivity (Wildman–Crippen MR) is 117 cm³/mol. The number of ether oxygens (including phenoxy) is 1. The first-order valence-corrected chi connectivity index (χ1v) is 11.1. The van der Waals surface area contributed by atoms with Crippen LogP contribution in [0, 0.1) is 0 Å². The van der Waals surface area contributed by atoms with Gasteiger partial charge in [0.25, 0.3) is 0 Å². The second kappa shape index (κ2) is 10.9. The summed E-state index contributed by atoms with van der Waals surface area (Å²) in [4.78, 5) is 16.8. The first kappa shape index (κ1) is 23.5. The van der Waals surface area contributed by atoms with E-state index in [2.05, 4.69) is 15.0 Å². The van der Waals surface area contributed by atoms with Crippen molar-refractivity contribution >= 4 is 22.9 Å². The Kier molecular flexibility index (Phi) is 8.04. The lowest BCUT2D eigenvalue weighted by atomic mass is 9.96. The van der Waals surface area contributed by atoms with Gasteiger partial charge in [0, 0.05) is 36.5 Å². The van der Waals surface area contributed by atoms with Crippen molar-refractivity contribution < 1.29 is 28.5 Å². The van der Waals surface area contributed by atoms with E-state index in [9.17, 15) is 23.8 Å². The molecule has 3 rings (SSSR count). The van der Waals surface area contributed by atoms with E-state index in [1.54, 1.807) is 31.2 Å². The number of amides is 1. The SMILES string of the molecule is CCC(=O)NCCCn1c(C2C=C(O)C(O)=CC2)csc1=Nc1ccc(OC(F)F)cc1. The number of aliphatic hydroxyl groups is 2. The number of allylic oxidation sites excluding steroid dienone is 2. The van der Waals surface area contributed by atoms with Crippen molar-refractivity contribution in [1.82, 2.24) is 9.88 Å². The molecular weight excluding hydrogens is 440 g/mol. The highest BCUT2D eigenvalue weighted by molar-refractivity contribution is 7.07. The number of alkyl halides is 2. The second-order valence-electron chi connectivity index (χ2n) is 7.12. The summed E-state index contributed by atoms with van der Waals surface area (Å²) in [6, 6.07) is 6.05. The molecule has 1 atom stereocenters. The van der Waals surface area contributed by atoms with Gasteiger partial charge >= 0.3 is 6.61 Å². The maximum atomic E-state index is 12.4. The smallest absolute Gasteiger partial charge is 0.387 e. The fourth-order valence-corrected chi connectivity index (χ4v) is 4.26. The standard InChI is InChI=1S/C22H25F2N3O4S/c1-2-20(30)25-10-3-11-27-17(14-4-9-18(28)19(29)12-14)13-32-22(27)26-15-5-7-16(8-6-15)31-21(23)24/h5-9,12-14,21,28-29H,2-4,10-11H2,1H3,(H,25,30). The van der Waals surface area contributed by atoms with Gasteiger partial charge in [0.15, 0.2) is 16.3 Å². The van der Waals surface area contributed by atoms with Gasteiger partial charge in [-0.1, -0.05) is 6.92 Å². The number of hydrogen-bond acceptors (Lipinski definition) is 6. The molecule has 0 bridgehead atoms. The molecule has 1 aliphatic carbocycles. The van der Waals surface area contributed by atoms with Gasteiger partial charge in [0.2, 0.25) is 5.91 Å². The molecule has 0 saturated heterocycles. The van der Waals surface area contributed by atoms with Gasteiger partial charge in [-0.05, 0) is 49.3 Å². The van der Waals surface area contributed by atoms with Crippen molar-refractivity contribution in [2.75, 3.05) is 6.54 Å². The van der Waals surface area contributed by atoms with E-state index in [1.165, 1.54) is 23.5 Å². The Morgan fingerprint density at radius 2 is 2.06 bits per heavy atom. The molecule has 1 aromatic carbocycles. The molecule has 1 aromatic heterocycles. The fraction of sp³-hybridized carbons (Fsp3) is 0.364. The Morgan fingerprint density at radius 1 is 1.31 bits per heavy atom. The summed E-state index contributed by atoms with van der Waals surface area (Å²) in [5.74, 6) is -0.404. The number of carbonyl (C=O) groups is 1. The number of aromatic nitrogens is 1. The van der Waals surface area contributed by atoms with Crippen molar-refractivity contribution in [3.05, 3.63) is 63.8 Å². The lowest BCUT2D eigenvalue weighted by Gasteiger charge is -2.18. The minimum absolute atomic E-state index is 0.0164. The fourth-order valence-electron chi connectivity index (χ4n) is 3.25. The lowest BCUT2D eigenvalue weighted by Crippen LogP contribution is -2.26. The highest BCUT2D eigenvalue weighted by Gasteiger charge is 2.20. The van der Waals surface area contributed by atoms with Crippen LogP contribution in [0.5, 0.6) is 5.75 Å². The molecule has 0 aliphatic heterocycles. The topological polar surface area (TPSA) is 96.1 Å². The molecule has 3 N–H and O–H groups in total. The molecule has 2 aromatic rings. The molecule has 1 heterocycles. The minimum atomic E-state index is -2.89. The van der Waals surface area contributed by atoms with Crippen LogP contribution in [-0.4, -0.2) is 33.8 Å². The zero-order chi connectivity index (χ0) is 23.1. The van der Waals surface area contributed by atoms with Gasteiger partial charge in [0.1, 0.15) is 5.75 Å². The highest BCUT2D eigenvalue weighted by Crippen LogP contribution is 2.29. The summed E-state index contributed by atoms with van der Waals surface area (Å²) in [7, 11) is 0. The summed E-state index contributed by atoms with van der Waals surface area (Å²) in [6.45, 7) is -0.00258. The number of benzene rings is 1. The Morgan fingerprint density at radius 3 is 2.72 bits per heavy atom. The van der Waals surface area contributed by atoms with Crippen LogP contribution >= 0.6 is 11.3 Å². The van der Waals surface area contributed by atoms with Gasteiger partial charge < -0.3 is 24.8 Å². The molecule has 1 amide bonds. The molecule has 1 aliphatic rings. The third kappa shape index (κ3) is 6.19. The molecule has 10 heteroatoms. The summed E-state index contributed by atoms with van der Waals surface area (Å²) < 4.78 is 31.1. The van der Waals surface area contributed by atoms with Crippen molar-refractivity contribution in [1.29, 1.82) is 0 Å². The quantitative estimate of drug-likeness (QED) is 0.469. The number of carbonyl (C=O) groups excluding carboxylic acids is 1. The Hall–Kier alpha value is -3.14. The lowest BCUT2D eigenvalue weighted by molar-refractivity contribution is -0.120. The predicted octanol–water partition coefficient (Wildman–Crippen LogP) is 4.67. The van der Waals surface area contributed by atoms with Crippen molar-refractivity contribution in [2.45, 2.75) is 45.3 Å². The summed E-state index contributed by atoms with van der Waals surface area (Å²) in [6.07, 6.45) is 4.80. The van der Waals surface area contributed by atoms with Crippen LogP contribution in [0.3, 0.4) is 0 Å². The third-order valence-corrected chi connectivity index (χ3v) is 5.76. The van der Waals surface area contributed by atoms with Gasteiger partial charge in [0.05, 0.1) is 5.69 Å². The van der Waals surface area contributed by atoms with Crippen LogP contribution in [0.2, 0.25) is 0 Å². The molecular formula is C22H25F2N3O4S. The third-order valence-electron chi connectivity index (χ3n) is 4.88. The minimum Gasteiger partial charge on any atom is -0.504 e. The summed E-state index contributed by atoms with van der Waals surface area (Å²) in [5, 5.41) is 24.4. The maximum absolute atomic E-state index is 12.4. The van der Waals surface area contributed by atoms with Crippen LogP contribution in [-0.2, 0) is 11.3 Å². The summed E-state index contributed by atoms with van der Waals surface area (Å²) >= 11 is 1.41. The number of halogens is 2. The highest BCUT2D eigenvalue weighted by atomic mass is 32.1. The van der Waals surface area contributed by atoms with Gasteiger partial charge in [-0.15, -0.1) is 11.3 Å².